The molecule has 0 radical (unpaired) electrons. The third kappa shape index (κ3) is 1.56. The molecule has 0 atom stereocenters. The highest BCUT2D eigenvalue weighted by Gasteiger charge is 2.24. The Morgan fingerprint density at radius 3 is 2.87 bits per heavy atom. The number of hydrogen-bond acceptors (Lipinski definition) is 3. The third-order valence-corrected chi connectivity index (χ3v) is 3.03. The molecule has 0 saturated carbocycles. The van der Waals surface area contributed by atoms with E-state index in [0.717, 1.165) is 11.3 Å². The van der Waals surface area contributed by atoms with Crippen LogP contribution < -0.4 is 0 Å². The largest absolute Gasteiger partial charge is 0.478 e. The number of carboxylic acids is 1. The number of aromatic carboxylic acids is 1. The van der Waals surface area contributed by atoms with Crippen LogP contribution in [-0.2, 0) is 0 Å². The average Bonchev–Trinajstić information content (AvgIpc) is 2.56. The summed E-state index contributed by atoms with van der Waals surface area (Å²) in [6.45, 7) is 0. The first-order valence-corrected chi connectivity index (χ1v) is 4.81. The molecule has 0 aliphatic heterocycles. The normalized spacial score (nSPS) is 11.1. The van der Waals surface area contributed by atoms with E-state index in [1.807, 2.05) is 0 Å². The van der Waals surface area contributed by atoms with E-state index in [4.69, 9.17) is 5.11 Å². The fraction of sp³-hybridized carbons (Fsp3) is 0.111. The number of fused-ring (bicyclic) bond motifs is 1. The molecule has 0 aromatic carbocycles. The fourth-order valence-corrected chi connectivity index (χ4v) is 2.31. The minimum Gasteiger partial charge on any atom is -0.478 e. The molecule has 0 bridgehead atoms. The van der Waals surface area contributed by atoms with Gasteiger partial charge in [0.2, 0.25) is 0 Å². The summed E-state index contributed by atoms with van der Waals surface area (Å²) in [4.78, 5) is 14.6. The first-order valence-electron chi connectivity index (χ1n) is 4.00. The molecular weight excluding hydrogens is 224 g/mol. The lowest BCUT2D eigenvalue weighted by Gasteiger charge is -1.96. The summed E-state index contributed by atoms with van der Waals surface area (Å²) in [6, 6.07) is 3.00. The lowest BCUT2D eigenvalue weighted by atomic mass is 10.2. The predicted molar refractivity (Wildman–Crippen MR) is 51.5 cm³/mol. The number of pyridine rings is 1. The molecule has 0 fully saturated rings. The highest BCUT2D eigenvalue weighted by Crippen LogP contribution is 2.36. The van der Waals surface area contributed by atoms with Gasteiger partial charge >= 0.3 is 5.97 Å². The zero-order chi connectivity index (χ0) is 11.0. The number of carboxylic acid groups (broad SMARTS) is 1. The van der Waals surface area contributed by atoms with E-state index in [9.17, 15) is 13.6 Å². The molecule has 15 heavy (non-hydrogen) atoms. The van der Waals surface area contributed by atoms with Crippen LogP contribution in [0.5, 0.6) is 0 Å². The zero-order valence-electron chi connectivity index (χ0n) is 7.28. The van der Waals surface area contributed by atoms with E-state index < -0.39 is 17.3 Å². The van der Waals surface area contributed by atoms with Crippen molar-refractivity contribution >= 4 is 27.5 Å². The van der Waals surface area contributed by atoms with E-state index in [2.05, 4.69) is 4.98 Å². The standard InChI is InChI=1S/C9H5F2NO2S/c10-7(11)6-5(9(13)14)4-2-1-3-12-8(4)15-6/h1-3,7H,(H,13,14). The van der Waals surface area contributed by atoms with Gasteiger partial charge in [0.1, 0.15) is 4.83 Å². The minimum absolute atomic E-state index is 0.269. The van der Waals surface area contributed by atoms with Gasteiger partial charge in [-0.1, -0.05) is 0 Å². The van der Waals surface area contributed by atoms with E-state index in [-0.39, 0.29) is 10.9 Å². The Labute approximate surface area is 87.0 Å². The van der Waals surface area contributed by atoms with Gasteiger partial charge in [-0.3, -0.25) is 0 Å². The SMILES string of the molecule is O=C(O)c1c(C(F)F)sc2ncccc12. The maximum atomic E-state index is 12.5. The summed E-state index contributed by atoms with van der Waals surface area (Å²) in [7, 11) is 0. The second kappa shape index (κ2) is 3.54. The van der Waals surface area contributed by atoms with Crippen molar-refractivity contribution < 1.29 is 18.7 Å². The predicted octanol–water partition coefficient (Wildman–Crippen LogP) is 2.93. The van der Waals surface area contributed by atoms with Crippen molar-refractivity contribution in [3.05, 3.63) is 28.8 Å². The molecule has 1 N–H and O–H groups in total. The van der Waals surface area contributed by atoms with Crippen molar-refractivity contribution in [3.8, 4) is 0 Å². The highest BCUT2D eigenvalue weighted by atomic mass is 32.1. The lowest BCUT2D eigenvalue weighted by Crippen LogP contribution is -1.99. The molecule has 2 aromatic heterocycles. The van der Waals surface area contributed by atoms with E-state index in [1.54, 1.807) is 0 Å². The fourth-order valence-electron chi connectivity index (χ4n) is 1.32. The van der Waals surface area contributed by atoms with Gasteiger partial charge in [-0.25, -0.2) is 18.6 Å². The second-order valence-electron chi connectivity index (χ2n) is 2.80. The van der Waals surface area contributed by atoms with Crippen LogP contribution in [0.3, 0.4) is 0 Å². The van der Waals surface area contributed by atoms with E-state index in [0.29, 0.717) is 4.83 Å². The van der Waals surface area contributed by atoms with Gasteiger partial charge in [-0.15, -0.1) is 11.3 Å². The molecular formula is C9H5F2NO2S. The minimum atomic E-state index is -2.78. The van der Waals surface area contributed by atoms with Crippen molar-refractivity contribution in [2.75, 3.05) is 0 Å². The second-order valence-corrected chi connectivity index (χ2v) is 3.83. The molecule has 3 nitrogen and oxygen atoms in total. The third-order valence-electron chi connectivity index (χ3n) is 1.91. The number of halogens is 2. The van der Waals surface area contributed by atoms with Crippen LogP contribution in [0.2, 0.25) is 0 Å². The number of thiophene rings is 1. The molecule has 78 valence electrons. The molecule has 0 aliphatic carbocycles. The Bertz CT molecular complexity index is 524. The van der Waals surface area contributed by atoms with Gasteiger partial charge in [0, 0.05) is 11.6 Å². The molecule has 2 heterocycles. The van der Waals surface area contributed by atoms with Crippen LogP contribution in [0, 0.1) is 0 Å². The molecule has 0 aliphatic rings. The van der Waals surface area contributed by atoms with Gasteiger partial charge in [0.15, 0.2) is 0 Å². The average molecular weight is 229 g/mol. The Morgan fingerprint density at radius 1 is 1.53 bits per heavy atom. The molecule has 0 amide bonds. The molecule has 2 aromatic rings. The molecule has 0 saturated heterocycles. The molecule has 6 heteroatoms. The van der Waals surface area contributed by atoms with Crippen LogP contribution in [0.15, 0.2) is 18.3 Å². The van der Waals surface area contributed by atoms with Crippen molar-refractivity contribution in [1.29, 1.82) is 0 Å². The summed E-state index contributed by atoms with van der Waals surface area (Å²) in [5.74, 6) is -1.34. The topological polar surface area (TPSA) is 50.2 Å². The summed E-state index contributed by atoms with van der Waals surface area (Å²) in [6.07, 6.45) is -1.34. The highest BCUT2D eigenvalue weighted by molar-refractivity contribution is 7.19. The van der Waals surface area contributed by atoms with Crippen molar-refractivity contribution in [2.45, 2.75) is 6.43 Å². The van der Waals surface area contributed by atoms with Crippen molar-refractivity contribution in [2.24, 2.45) is 0 Å². The van der Waals surface area contributed by atoms with Crippen LogP contribution in [0.25, 0.3) is 10.2 Å². The maximum absolute atomic E-state index is 12.5. The number of hydrogen-bond donors (Lipinski definition) is 1. The number of aromatic nitrogens is 1. The number of carbonyl (C=O) groups is 1. The van der Waals surface area contributed by atoms with Gasteiger partial charge in [0.05, 0.1) is 10.4 Å². The summed E-state index contributed by atoms with van der Waals surface area (Å²) < 4.78 is 25.1. The summed E-state index contributed by atoms with van der Waals surface area (Å²) >= 11 is 0.718. The smallest absolute Gasteiger partial charge is 0.337 e. The van der Waals surface area contributed by atoms with Crippen LogP contribution in [0.4, 0.5) is 8.78 Å². The molecule has 0 spiro atoms. The van der Waals surface area contributed by atoms with Crippen LogP contribution in [-0.4, -0.2) is 16.1 Å². The summed E-state index contributed by atoms with van der Waals surface area (Å²) in [5, 5.41) is 9.12. The van der Waals surface area contributed by atoms with Gasteiger partial charge < -0.3 is 5.11 Å². The Balaban J connectivity index is 2.80. The Hall–Kier alpha value is -1.56. The number of nitrogens with zero attached hydrogens (tertiary/aromatic N) is 1. The van der Waals surface area contributed by atoms with Gasteiger partial charge in [-0.2, -0.15) is 0 Å². The summed E-state index contributed by atoms with van der Waals surface area (Å²) in [5.41, 5.74) is -0.335. The number of rotatable bonds is 2. The van der Waals surface area contributed by atoms with Crippen LogP contribution >= 0.6 is 11.3 Å². The Kier molecular flexibility index (Phi) is 2.36. The van der Waals surface area contributed by atoms with Crippen molar-refractivity contribution in [3.63, 3.8) is 0 Å². The zero-order valence-corrected chi connectivity index (χ0v) is 8.09. The van der Waals surface area contributed by atoms with E-state index >= 15 is 0 Å². The molecule has 0 unspecified atom stereocenters. The quantitative estimate of drug-likeness (QED) is 0.861. The van der Waals surface area contributed by atoms with Crippen molar-refractivity contribution in [1.82, 2.24) is 4.98 Å². The van der Waals surface area contributed by atoms with Gasteiger partial charge in [-0.05, 0) is 12.1 Å². The first-order chi connectivity index (χ1) is 7.11. The first kappa shape index (κ1) is 9.97. The monoisotopic (exact) mass is 229 g/mol. The lowest BCUT2D eigenvalue weighted by molar-refractivity contribution is 0.0689. The molecule has 2 rings (SSSR count). The maximum Gasteiger partial charge on any atom is 0.337 e. The van der Waals surface area contributed by atoms with Gasteiger partial charge in [0.25, 0.3) is 6.43 Å². The van der Waals surface area contributed by atoms with E-state index in [1.165, 1.54) is 18.3 Å². The number of alkyl halides is 2. The van der Waals surface area contributed by atoms with Crippen LogP contribution in [0.1, 0.15) is 21.7 Å². The Morgan fingerprint density at radius 2 is 2.27 bits per heavy atom.